The van der Waals surface area contributed by atoms with Gasteiger partial charge in [0.15, 0.2) is 0 Å². The third kappa shape index (κ3) is 7.74. The summed E-state index contributed by atoms with van der Waals surface area (Å²) in [5.41, 5.74) is 0. The standard InChI is InChI=1S/C10H22N2O.2C2H6/c1-5-13-8-10-7-11(3)9(2)6-12(10)4;2*1-2/h9-10H,5-8H2,1-4H3;2*1-2H3. The fraction of sp³-hybridized carbons (Fsp3) is 1.00. The van der Waals surface area contributed by atoms with Crippen LogP contribution in [-0.4, -0.2) is 62.3 Å². The van der Waals surface area contributed by atoms with Gasteiger partial charge in [-0.15, -0.1) is 0 Å². The van der Waals surface area contributed by atoms with E-state index in [0.717, 1.165) is 26.3 Å². The van der Waals surface area contributed by atoms with Crippen molar-refractivity contribution in [2.24, 2.45) is 0 Å². The first kappa shape index (κ1) is 19.2. The molecule has 1 rings (SSSR count). The Labute approximate surface area is 109 Å². The zero-order valence-corrected chi connectivity index (χ0v) is 13.3. The fourth-order valence-corrected chi connectivity index (χ4v) is 1.79. The van der Waals surface area contributed by atoms with E-state index in [2.05, 4.69) is 37.7 Å². The van der Waals surface area contributed by atoms with Crippen molar-refractivity contribution in [2.75, 3.05) is 40.4 Å². The van der Waals surface area contributed by atoms with Gasteiger partial charge in [-0.05, 0) is 27.9 Å². The van der Waals surface area contributed by atoms with Crippen LogP contribution in [-0.2, 0) is 4.74 Å². The topological polar surface area (TPSA) is 15.7 Å². The molecule has 3 heteroatoms. The quantitative estimate of drug-likeness (QED) is 0.761. The van der Waals surface area contributed by atoms with Gasteiger partial charge in [0.25, 0.3) is 0 Å². The Morgan fingerprint density at radius 2 is 1.53 bits per heavy atom. The van der Waals surface area contributed by atoms with Crippen LogP contribution in [0.1, 0.15) is 41.5 Å². The van der Waals surface area contributed by atoms with Crippen LogP contribution in [0.5, 0.6) is 0 Å². The van der Waals surface area contributed by atoms with Crippen molar-refractivity contribution >= 4 is 0 Å². The predicted molar refractivity (Wildman–Crippen MR) is 77.7 cm³/mol. The van der Waals surface area contributed by atoms with Gasteiger partial charge in [-0.25, -0.2) is 0 Å². The van der Waals surface area contributed by atoms with Crippen molar-refractivity contribution in [3.05, 3.63) is 0 Å². The van der Waals surface area contributed by atoms with Crippen LogP contribution in [0.15, 0.2) is 0 Å². The number of hydrogen-bond donors (Lipinski definition) is 0. The lowest BCUT2D eigenvalue weighted by Gasteiger charge is -2.41. The van der Waals surface area contributed by atoms with Gasteiger partial charge in [0.2, 0.25) is 0 Å². The summed E-state index contributed by atoms with van der Waals surface area (Å²) < 4.78 is 5.46. The average molecular weight is 246 g/mol. The first-order chi connectivity index (χ1) is 8.15. The Balaban J connectivity index is 0. The van der Waals surface area contributed by atoms with Crippen LogP contribution in [0, 0.1) is 0 Å². The Bertz CT molecular complexity index is 153. The maximum atomic E-state index is 5.46. The molecule has 1 heterocycles. The highest BCUT2D eigenvalue weighted by molar-refractivity contribution is 4.82. The normalized spacial score (nSPS) is 25.4. The molecule has 0 saturated carbocycles. The molecule has 17 heavy (non-hydrogen) atoms. The third-order valence-corrected chi connectivity index (χ3v) is 2.94. The molecule has 1 aliphatic rings. The Morgan fingerprint density at radius 1 is 1.00 bits per heavy atom. The molecular formula is C14H34N2O. The van der Waals surface area contributed by atoms with Crippen molar-refractivity contribution in [1.29, 1.82) is 0 Å². The van der Waals surface area contributed by atoms with Crippen LogP contribution in [0.3, 0.4) is 0 Å². The van der Waals surface area contributed by atoms with Crippen LogP contribution in [0.2, 0.25) is 0 Å². The van der Waals surface area contributed by atoms with E-state index in [4.69, 9.17) is 4.74 Å². The lowest BCUT2D eigenvalue weighted by atomic mass is 10.1. The lowest BCUT2D eigenvalue weighted by Crippen LogP contribution is -2.55. The SMILES string of the molecule is CC.CC.CCOCC1CN(C)C(C)CN1C. The highest BCUT2D eigenvalue weighted by atomic mass is 16.5. The number of rotatable bonds is 3. The second-order valence-electron chi connectivity index (χ2n) is 4.04. The van der Waals surface area contributed by atoms with Crippen LogP contribution < -0.4 is 0 Å². The molecule has 2 atom stereocenters. The van der Waals surface area contributed by atoms with Crippen LogP contribution >= 0.6 is 0 Å². The molecule has 3 nitrogen and oxygen atoms in total. The molecular weight excluding hydrogens is 212 g/mol. The number of nitrogens with zero attached hydrogens (tertiary/aromatic N) is 2. The Kier molecular flexibility index (Phi) is 14.0. The van der Waals surface area contributed by atoms with Gasteiger partial charge in [-0.2, -0.15) is 0 Å². The molecule has 0 aliphatic carbocycles. The van der Waals surface area contributed by atoms with E-state index in [1.807, 2.05) is 27.7 Å². The van der Waals surface area contributed by atoms with Gasteiger partial charge in [-0.3, -0.25) is 4.90 Å². The molecule has 1 aliphatic heterocycles. The molecule has 0 bridgehead atoms. The molecule has 0 aromatic carbocycles. The number of ether oxygens (including phenoxy) is 1. The minimum absolute atomic E-state index is 0.571. The number of hydrogen-bond acceptors (Lipinski definition) is 3. The molecule has 0 aromatic heterocycles. The van der Waals surface area contributed by atoms with E-state index in [1.54, 1.807) is 0 Å². The van der Waals surface area contributed by atoms with Crippen molar-refractivity contribution in [3.63, 3.8) is 0 Å². The second kappa shape index (κ2) is 12.3. The second-order valence-corrected chi connectivity index (χ2v) is 4.04. The summed E-state index contributed by atoms with van der Waals surface area (Å²) in [5.74, 6) is 0. The summed E-state index contributed by atoms with van der Waals surface area (Å²) in [6, 6.07) is 1.24. The maximum Gasteiger partial charge on any atom is 0.0634 e. The molecule has 0 radical (unpaired) electrons. The molecule has 0 spiro atoms. The van der Waals surface area contributed by atoms with Crippen LogP contribution in [0.4, 0.5) is 0 Å². The van der Waals surface area contributed by atoms with Gasteiger partial charge in [-0.1, -0.05) is 27.7 Å². The van der Waals surface area contributed by atoms with E-state index < -0.39 is 0 Å². The smallest absolute Gasteiger partial charge is 0.0634 e. The molecule has 1 saturated heterocycles. The highest BCUT2D eigenvalue weighted by Gasteiger charge is 2.26. The van der Waals surface area contributed by atoms with E-state index >= 15 is 0 Å². The third-order valence-electron chi connectivity index (χ3n) is 2.94. The zero-order valence-electron chi connectivity index (χ0n) is 13.3. The van der Waals surface area contributed by atoms with Gasteiger partial charge in [0.05, 0.1) is 6.61 Å². The number of likely N-dealkylation sites (N-methyl/N-ethyl adjacent to an activating group) is 2. The van der Waals surface area contributed by atoms with Crippen molar-refractivity contribution < 1.29 is 4.74 Å². The van der Waals surface area contributed by atoms with Crippen molar-refractivity contribution in [3.8, 4) is 0 Å². The fourth-order valence-electron chi connectivity index (χ4n) is 1.79. The minimum Gasteiger partial charge on any atom is -0.380 e. The monoisotopic (exact) mass is 246 g/mol. The summed E-state index contributed by atoms with van der Waals surface area (Å²) in [4.78, 5) is 4.81. The van der Waals surface area contributed by atoms with E-state index in [-0.39, 0.29) is 0 Å². The maximum absolute atomic E-state index is 5.46. The van der Waals surface area contributed by atoms with Gasteiger partial charge >= 0.3 is 0 Å². The lowest BCUT2D eigenvalue weighted by molar-refractivity contribution is 0.0134. The van der Waals surface area contributed by atoms with E-state index in [0.29, 0.717) is 12.1 Å². The molecule has 0 aromatic rings. The molecule has 1 fully saturated rings. The Hall–Kier alpha value is -0.120. The van der Waals surface area contributed by atoms with Gasteiger partial charge in [0.1, 0.15) is 0 Å². The van der Waals surface area contributed by atoms with Crippen molar-refractivity contribution in [1.82, 2.24) is 9.80 Å². The Morgan fingerprint density at radius 3 is 2.00 bits per heavy atom. The van der Waals surface area contributed by atoms with Gasteiger partial charge < -0.3 is 9.64 Å². The first-order valence-electron chi connectivity index (χ1n) is 7.13. The van der Waals surface area contributed by atoms with Gasteiger partial charge in [0, 0.05) is 31.8 Å². The predicted octanol–water partition coefficient (Wildman–Crippen LogP) is 2.71. The summed E-state index contributed by atoms with van der Waals surface area (Å²) in [6.45, 7) is 16.3. The summed E-state index contributed by atoms with van der Waals surface area (Å²) in [7, 11) is 4.38. The molecule has 0 N–H and O–H groups in total. The summed E-state index contributed by atoms with van der Waals surface area (Å²) in [6.07, 6.45) is 0. The summed E-state index contributed by atoms with van der Waals surface area (Å²) >= 11 is 0. The number of piperazine rings is 1. The highest BCUT2D eigenvalue weighted by Crippen LogP contribution is 2.11. The molecule has 0 amide bonds. The first-order valence-corrected chi connectivity index (χ1v) is 7.13. The molecule has 106 valence electrons. The van der Waals surface area contributed by atoms with E-state index in [1.165, 1.54) is 0 Å². The zero-order chi connectivity index (χ0) is 13.8. The van der Waals surface area contributed by atoms with E-state index in [9.17, 15) is 0 Å². The van der Waals surface area contributed by atoms with Crippen LogP contribution in [0.25, 0.3) is 0 Å². The van der Waals surface area contributed by atoms with Crippen molar-refractivity contribution in [2.45, 2.75) is 53.6 Å². The summed E-state index contributed by atoms with van der Waals surface area (Å²) in [5, 5.41) is 0. The largest absolute Gasteiger partial charge is 0.380 e. The minimum atomic E-state index is 0.571. The molecule has 2 unspecified atom stereocenters. The average Bonchev–Trinajstić information content (AvgIpc) is 2.37.